The number of amides is 2. The van der Waals surface area contributed by atoms with Crippen LogP contribution in [0.3, 0.4) is 0 Å². The maximum absolute atomic E-state index is 12.9. The van der Waals surface area contributed by atoms with Gasteiger partial charge in [-0.05, 0) is 43.2 Å². The fraction of sp³-hybridized carbons (Fsp3) is 0.211. The number of benzene rings is 2. The number of hydrogen-bond donors (Lipinski definition) is 1. The lowest BCUT2D eigenvalue weighted by Crippen LogP contribution is -2.45. The minimum atomic E-state index is -0.548. The van der Waals surface area contributed by atoms with Crippen LogP contribution in [0.1, 0.15) is 23.2 Å². The molecule has 1 atom stereocenters. The fourth-order valence-corrected chi connectivity index (χ4v) is 3.62. The van der Waals surface area contributed by atoms with Gasteiger partial charge in [0.05, 0.1) is 21.1 Å². The molecular formula is C19H16Cl2N4O2. The molecule has 1 unspecified atom stereocenters. The van der Waals surface area contributed by atoms with E-state index in [-0.39, 0.29) is 11.8 Å². The van der Waals surface area contributed by atoms with E-state index in [1.54, 1.807) is 28.0 Å². The molecule has 1 N–H and O–H groups in total. The lowest BCUT2D eigenvalue weighted by molar-refractivity contribution is -0.120. The van der Waals surface area contributed by atoms with Gasteiger partial charge in [-0.15, -0.1) is 0 Å². The zero-order valence-electron chi connectivity index (χ0n) is 14.2. The standard InChI is InChI=1S/C19H16Cl2N4O2/c20-13-8-7-12(10-14(13)21)19(27)24-9-3-6-17(24)18(26)23-25-11-22-15-4-1-2-5-16(15)25/h1-2,4-5,7-8,10-11,17H,3,6,9H2,(H,23,26). The predicted octanol–water partition coefficient (Wildman–Crippen LogP) is 3.72. The van der Waals surface area contributed by atoms with Crippen molar-refractivity contribution >= 4 is 46.0 Å². The highest BCUT2D eigenvalue weighted by molar-refractivity contribution is 6.42. The van der Waals surface area contributed by atoms with E-state index >= 15 is 0 Å². The molecular weight excluding hydrogens is 387 g/mol. The van der Waals surface area contributed by atoms with Crippen molar-refractivity contribution in [2.75, 3.05) is 12.0 Å². The van der Waals surface area contributed by atoms with Crippen LogP contribution in [0.15, 0.2) is 48.8 Å². The molecule has 1 aliphatic heterocycles. The van der Waals surface area contributed by atoms with E-state index in [9.17, 15) is 9.59 Å². The largest absolute Gasteiger partial charge is 0.327 e. The van der Waals surface area contributed by atoms with Crippen molar-refractivity contribution in [1.82, 2.24) is 14.6 Å². The van der Waals surface area contributed by atoms with Gasteiger partial charge in [0.15, 0.2) is 0 Å². The number of para-hydroxylation sites is 2. The molecule has 0 aliphatic carbocycles. The molecule has 0 radical (unpaired) electrons. The first-order valence-electron chi connectivity index (χ1n) is 8.53. The van der Waals surface area contributed by atoms with Gasteiger partial charge in [0.25, 0.3) is 11.8 Å². The third-order valence-corrected chi connectivity index (χ3v) is 5.41. The Morgan fingerprint density at radius 1 is 1.11 bits per heavy atom. The van der Waals surface area contributed by atoms with E-state index in [2.05, 4.69) is 10.4 Å². The van der Waals surface area contributed by atoms with Gasteiger partial charge in [0.1, 0.15) is 12.4 Å². The Labute approximate surface area is 165 Å². The molecule has 27 heavy (non-hydrogen) atoms. The minimum absolute atomic E-state index is 0.235. The van der Waals surface area contributed by atoms with E-state index in [4.69, 9.17) is 23.2 Å². The summed E-state index contributed by atoms with van der Waals surface area (Å²) in [6, 6.07) is 11.7. The number of likely N-dealkylation sites (tertiary alicyclic amines) is 1. The van der Waals surface area contributed by atoms with Crippen molar-refractivity contribution in [2.45, 2.75) is 18.9 Å². The molecule has 2 amide bonds. The zero-order valence-corrected chi connectivity index (χ0v) is 15.7. The number of aromatic nitrogens is 2. The van der Waals surface area contributed by atoms with Crippen LogP contribution in [0.2, 0.25) is 10.0 Å². The number of carbonyl (C=O) groups excluding carboxylic acids is 2. The number of fused-ring (bicyclic) bond motifs is 1. The van der Waals surface area contributed by atoms with Crippen LogP contribution in [0.4, 0.5) is 0 Å². The zero-order chi connectivity index (χ0) is 19.0. The molecule has 3 aromatic rings. The fourth-order valence-electron chi connectivity index (χ4n) is 3.32. The number of hydrogen-bond acceptors (Lipinski definition) is 3. The van der Waals surface area contributed by atoms with Crippen molar-refractivity contribution in [2.24, 2.45) is 0 Å². The summed E-state index contributed by atoms with van der Waals surface area (Å²) < 4.78 is 1.58. The van der Waals surface area contributed by atoms with Crippen molar-refractivity contribution in [3.63, 3.8) is 0 Å². The molecule has 0 spiro atoms. The predicted molar refractivity (Wildman–Crippen MR) is 105 cm³/mol. The van der Waals surface area contributed by atoms with Crippen LogP contribution in [-0.4, -0.2) is 39.0 Å². The molecule has 1 saturated heterocycles. The summed E-state index contributed by atoms with van der Waals surface area (Å²) in [6.45, 7) is 0.516. The highest BCUT2D eigenvalue weighted by Crippen LogP contribution is 2.26. The third kappa shape index (κ3) is 3.38. The van der Waals surface area contributed by atoms with E-state index in [1.807, 2.05) is 24.3 Å². The Kier molecular flexibility index (Phi) is 4.76. The maximum atomic E-state index is 12.9. The van der Waals surface area contributed by atoms with E-state index in [1.165, 1.54) is 6.07 Å². The molecule has 1 aromatic heterocycles. The molecule has 2 heterocycles. The lowest BCUT2D eigenvalue weighted by Gasteiger charge is -2.24. The number of halogens is 2. The van der Waals surface area contributed by atoms with Crippen molar-refractivity contribution < 1.29 is 9.59 Å². The van der Waals surface area contributed by atoms with Crippen LogP contribution in [-0.2, 0) is 4.79 Å². The van der Waals surface area contributed by atoms with Crippen molar-refractivity contribution in [3.8, 4) is 0 Å². The highest BCUT2D eigenvalue weighted by Gasteiger charge is 2.35. The summed E-state index contributed by atoms with van der Waals surface area (Å²) >= 11 is 11.9. The maximum Gasteiger partial charge on any atom is 0.261 e. The first-order chi connectivity index (χ1) is 13.0. The van der Waals surface area contributed by atoms with Crippen LogP contribution in [0, 0.1) is 0 Å². The van der Waals surface area contributed by atoms with Crippen LogP contribution >= 0.6 is 23.2 Å². The van der Waals surface area contributed by atoms with Crippen molar-refractivity contribution in [1.29, 1.82) is 0 Å². The van der Waals surface area contributed by atoms with Gasteiger partial charge in [-0.25, -0.2) is 9.66 Å². The second-order valence-electron chi connectivity index (χ2n) is 6.36. The number of carbonyl (C=O) groups is 2. The van der Waals surface area contributed by atoms with Gasteiger partial charge in [-0.1, -0.05) is 35.3 Å². The Bertz CT molecular complexity index is 1030. The van der Waals surface area contributed by atoms with E-state index in [0.29, 0.717) is 28.6 Å². The average molecular weight is 403 g/mol. The molecule has 6 nitrogen and oxygen atoms in total. The Balaban J connectivity index is 1.54. The Morgan fingerprint density at radius 3 is 2.74 bits per heavy atom. The van der Waals surface area contributed by atoms with Gasteiger partial charge in [-0.3, -0.25) is 15.0 Å². The topological polar surface area (TPSA) is 67.2 Å². The second-order valence-corrected chi connectivity index (χ2v) is 7.18. The Hall–Kier alpha value is -2.57. The second kappa shape index (κ2) is 7.21. The molecule has 138 valence electrons. The monoisotopic (exact) mass is 402 g/mol. The third-order valence-electron chi connectivity index (χ3n) is 4.67. The number of imidazole rings is 1. The quantitative estimate of drug-likeness (QED) is 0.725. The first-order valence-corrected chi connectivity index (χ1v) is 9.29. The van der Waals surface area contributed by atoms with Gasteiger partial charge < -0.3 is 4.90 Å². The molecule has 0 saturated carbocycles. The number of nitrogens with one attached hydrogen (secondary N) is 1. The molecule has 1 aliphatic rings. The summed E-state index contributed by atoms with van der Waals surface area (Å²) in [5.74, 6) is -0.481. The van der Waals surface area contributed by atoms with E-state index in [0.717, 1.165) is 17.5 Å². The molecule has 1 fully saturated rings. The summed E-state index contributed by atoms with van der Waals surface area (Å²) in [5.41, 5.74) is 4.83. The summed E-state index contributed by atoms with van der Waals surface area (Å²) in [4.78, 5) is 31.5. The number of nitrogens with zero attached hydrogens (tertiary/aromatic N) is 3. The highest BCUT2D eigenvalue weighted by atomic mass is 35.5. The lowest BCUT2D eigenvalue weighted by atomic mass is 10.1. The first kappa shape index (κ1) is 17.8. The molecule has 2 aromatic carbocycles. The Morgan fingerprint density at radius 2 is 1.93 bits per heavy atom. The molecule has 8 heteroatoms. The summed E-state index contributed by atoms with van der Waals surface area (Å²) in [5, 5.41) is 0.698. The van der Waals surface area contributed by atoms with Gasteiger partial charge in [0.2, 0.25) is 0 Å². The van der Waals surface area contributed by atoms with Gasteiger partial charge in [0, 0.05) is 12.1 Å². The van der Waals surface area contributed by atoms with Crippen LogP contribution in [0.25, 0.3) is 11.0 Å². The number of rotatable bonds is 3. The summed E-state index contributed by atoms with van der Waals surface area (Å²) in [6.07, 6.45) is 2.92. The average Bonchev–Trinajstić information content (AvgIpc) is 3.31. The molecule has 4 rings (SSSR count). The minimum Gasteiger partial charge on any atom is -0.327 e. The smallest absolute Gasteiger partial charge is 0.261 e. The van der Waals surface area contributed by atoms with Crippen LogP contribution in [0.5, 0.6) is 0 Å². The normalized spacial score (nSPS) is 16.7. The van der Waals surface area contributed by atoms with Gasteiger partial charge >= 0.3 is 0 Å². The summed E-state index contributed by atoms with van der Waals surface area (Å²) in [7, 11) is 0. The molecule has 0 bridgehead atoms. The van der Waals surface area contributed by atoms with Gasteiger partial charge in [-0.2, -0.15) is 0 Å². The van der Waals surface area contributed by atoms with E-state index < -0.39 is 6.04 Å². The van der Waals surface area contributed by atoms with Crippen LogP contribution < -0.4 is 5.43 Å². The SMILES string of the molecule is O=C(Nn1cnc2ccccc21)C1CCCN1C(=O)c1ccc(Cl)c(Cl)c1. The van der Waals surface area contributed by atoms with Crippen molar-refractivity contribution in [3.05, 3.63) is 64.4 Å².